The first kappa shape index (κ1) is 9.92. The van der Waals surface area contributed by atoms with Gasteiger partial charge in [0.1, 0.15) is 18.0 Å². The molecule has 0 aliphatic carbocycles. The zero-order valence-corrected chi connectivity index (χ0v) is 7.49. The van der Waals surface area contributed by atoms with E-state index in [-0.39, 0.29) is 18.3 Å². The summed E-state index contributed by atoms with van der Waals surface area (Å²) < 4.78 is 9.88. The molecule has 0 aromatic heterocycles. The van der Waals surface area contributed by atoms with E-state index in [9.17, 15) is 9.59 Å². The number of Topliss-reactive ketones (excluding diaryl/α,β-unsaturated/α-hetero) is 1. The van der Waals surface area contributed by atoms with Crippen molar-refractivity contribution in [3.63, 3.8) is 0 Å². The van der Waals surface area contributed by atoms with Crippen molar-refractivity contribution < 1.29 is 19.1 Å². The van der Waals surface area contributed by atoms with Crippen molar-refractivity contribution in [3.05, 3.63) is 12.7 Å². The van der Waals surface area contributed by atoms with Gasteiger partial charge in [-0.3, -0.25) is 4.79 Å². The Bertz CT molecular complexity index is 230. The molecule has 0 bridgehead atoms. The fourth-order valence-corrected chi connectivity index (χ4v) is 1.000. The van der Waals surface area contributed by atoms with Gasteiger partial charge in [-0.1, -0.05) is 6.58 Å². The Balaban J connectivity index is 2.42. The highest BCUT2D eigenvalue weighted by Gasteiger charge is 2.35. The van der Waals surface area contributed by atoms with Gasteiger partial charge in [0.2, 0.25) is 0 Å². The van der Waals surface area contributed by atoms with E-state index in [0.717, 1.165) is 6.08 Å². The van der Waals surface area contributed by atoms with Gasteiger partial charge in [-0.2, -0.15) is 0 Å². The van der Waals surface area contributed by atoms with Crippen LogP contribution in [0.25, 0.3) is 0 Å². The Kier molecular flexibility index (Phi) is 3.19. The monoisotopic (exact) mass is 184 g/mol. The quantitative estimate of drug-likeness (QED) is 0.354. The summed E-state index contributed by atoms with van der Waals surface area (Å²) in [7, 11) is 0. The summed E-state index contributed by atoms with van der Waals surface area (Å²) in [6.07, 6.45) is 0.746. The number of ether oxygens (including phenoxy) is 2. The van der Waals surface area contributed by atoms with Gasteiger partial charge in [0, 0.05) is 12.5 Å². The second kappa shape index (κ2) is 4.18. The van der Waals surface area contributed by atoms with Gasteiger partial charge < -0.3 is 9.47 Å². The number of carbonyl (C=O) groups excluding carboxylic acids is 2. The molecule has 4 heteroatoms. The van der Waals surface area contributed by atoms with E-state index in [2.05, 4.69) is 6.58 Å². The summed E-state index contributed by atoms with van der Waals surface area (Å²) in [6, 6.07) is 0. The van der Waals surface area contributed by atoms with E-state index in [0.29, 0.717) is 6.61 Å². The molecule has 0 amide bonds. The lowest BCUT2D eigenvalue weighted by Crippen LogP contribution is -2.25. The molecule has 1 fully saturated rings. The molecule has 1 aliphatic rings. The SMILES string of the molecule is C=CC(=O)OC(CC(C)=O)C1CO1. The molecule has 2 unspecified atom stereocenters. The minimum absolute atomic E-state index is 0.0163. The fourth-order valence-electron chi connectivity index (χ4n) is 1.000. The number of esters is 1. The van der Waals surface area contributed by atoms with Crippen LogP contribution in [0.4, 0.5) is 0 Å². The molecule has 2 atom stereocenters. The summed E-state index contributed by atoms with van der Waals surface area (Å²) >= 11 is 0. The number of epoxide rings is 1. The van der Waals surface area contributed by atoms with Gasteiger partial charge in [-0.25, -0.2) is 4.79 Å². The van der Waals surface area contributed by atoms with Crippen molar-refractivity contribution in [2.45, 2.75) is 25.6 Å². The second-order valence-electron chi connectivity index (χ2n) is 2.96. The Hall–Kier alpha value is -1.16. The lowest BCUT2D eigenvalue weighted by Gasteiger charge is -2.12. The molecule has 1 rings (SSSR count). The highest BCUT2D eigenvalue weighted by Crippen LogP contribution is 2.20. The van der Waals surface area contributed by atoms with Crippen molar-refractivity contribution in [1.29, 1.82) is 0 Å². The lowest BCUT2D eigenvalue weighted by atomic mass is 10.1. The van der Waals surface area contributed by atoms with E-state index in [1.807, 2.05) is 0 Å². The van der Waals surface area contributed by atoms with Gasteiger partial charge in [-0.15, -0.1) is 0 Å². The molecule has 4 nitrogen and oxygen atoms in total. The number of ketones is 1. The van der Waals surface area contributed by atoms with Crippen LogP contribution < -0.4 is 0 Å². The van der Waals surface area contributed by atoms with Gasteiger partial charge in [-0.05, 0) is 6.92 Å². The molecule has 13 heavy (non-hydrogen) atoms. The third-order valence-corrected chi connectivity index (χ3v) is 1.70. The molecule has 1 aliphatic heterocycles. The van der Waals surface area contributed by atoms with Crippen LogP contribution in [0.1, 0.15) is 13.3 Å². The third kappa shape index (κ3) is 3.38. The van der Waals surface area contributed by atoms with Crippen LogP contribution in [0.15, 0.2) is 12.7 Å². The van der Waals surface area contributed by atoms with E-state index < -0.39 is 12.1 Å². The minimum atomic E-state index is -0.512. The topological polar surface area (TPSA) is 55.9 Å². The molecule has 1 saturated heterocycles. The largest absolute Gasteiger partial charge is 0.456 e. The number of hydrogen-bond acceptors (Lipinski definition) is 4. The van der Waals surface area contributed by atoms with E-state index in [4.69, 9.17) is 9.47 Å². The van der Waals surface area contributed by atoms with E-state index in [1.54, 1.807) is 0 Å². The normalized spacial score (nSPS) is 21.8. The zero-order valence-electron chi connectivity index (χ0n) is 7.49. The average Bonchev–Trinajstić information content (AvgIpc) is 2.84. The highest BCUT2D eigenvalue weighted by molar-refractivity contribution is 5.82. The first-order chi connectivity index (χ1) is 6.13. The van der Waals surface area contributed by atoms with Crippen LogP contribution in [-0.4, -0.2) is 30.6 Å². The smallest absolute Gasteiger partial charge is 0.330 e. The maximum Gasteiger partial charge on any atom is 0.330 e. The predicted molar refractivity (Wildman–Crippen MR) is 45.1 cm³/mol. The van der Waals surface area contributed by atoms with E-state index >= 15 is 0 Å². The molecule has 1 heterocycles. The van der Waals surface area contributed by atoms with Crippen molar-refractivity contribution in [3.8, 4) is 0 Å². The molecule has 0 saturated carbocycles. The summed E-state index contributed by atoms with van der Waals surface area (Å²) in [5.74, 6) is -0.529. The molecule has 72 valence electrons. The van der Waals surface area contributed by atoms with Crippen molar-refractivity contribution in [2.75, 3.05) is 6.61 Å². The van der Waals surface area contributed by atoms with Gasteiger partial charge >= 0.3 is 5.97 Å². The standard InChI is InChI=1S/C9H12O4/c1-3-9(11)13-7(4-6(2)10)8-5-12-8/h3,7-8H,1,4-5H2,2H3. The molecular formula is C9H12O4. The minimum Gasteiger partial charge on any atom is -0.456 e. The van der Waals surface area contributed by atoms with Crippen LogP contribution in [0, 0.1) is 0 Å². The zero-order chi connectivity index (χ0) is 9.84. The lowest BCUT2D eigenvalue weighted by molar-refractivity contribution is -0.145. The summed E-state index contributed by atoms with van der Waals surface area (Å²) in [6.45, 7) is 5.29. The van der Waals surface area contributed by atoms with Gasteiger partial charge in [0.05, 0.1) is 6.61 Å². The summed E-state index contributed by atoms with van der Waals surface area (Å²) in [4.78, 5) is 21.6. The van der Waals surface area contributed by atoms with Crippen molar-refractivity contribution in [2.24, 2.45) is 0 Å². The number of rotatable bonds is 5. The summed E-state index contributed by atoms with van der Waals surface area (Å²) in [5.41, 5.74) is 0. The number of carbonyl (C=O) groups is 2. The number of hydrogen-bond donors (Lipinski definition) is 0. The average molecular weight is 184 g/mol. The first-order valence-electron chi connectivity index (χ1n) is 4.07. The van der Waals surface area contributed by atoms with Crippen molar-refractivity contribution in [1.82, 2.24) is 0 Å². The van der Waals surface area contributed by atoms with Gasteiger partial charge in [0.25, 0.3) is 0 Å². The van der Waals surface area contributed by atoms with E-state index in [1.165, 1.54) is 6.92 Å². The molecule has 0 aromatic rings. The maximum absolute atomic E-state index is 10.8. The molecule has 0 spiro atoms. The fraction of sp³-hybridized carbons (Fsp3) is 0.556. The Morgan fingerprint density at radius 3 is 2.77 bits per heavy atom. The van der Waals surface area contributed by atoms with Crippen LogP contribution in [0.5, 0.6) is 0 Å². The maximum atomic E-state index is 10.8. The Morgan fingerprint density at radius 1 is 1.77 bits per heavy atom. The van der Waals surface area contributed by atoms with Gasteiger partial charge in [0.15, 0.2) is 0 Å². The Labute approximate surface area is 76.5 Å². The van der Waals surface area contributed by atoms with Crippen LogP contribution in [0.2, 0.25) is 0 Å². The predicted octanol–water partition coefficient (Wildman–Crippen LogP) is 0.462. The van der Waals surface area contributed by atoms with Crippen molar-refractivity contribution >= 4 is 11.8 Å². The highest BCUT2D eigenvalue weighted by atomic mass is 16.6. The van der Waals surface area contributed by atoms with Crippen LogP contribution >= 0.6 is 0 Å². The summed E-state index contributed by atoms with van der Waals surface area (Å²) in [5, 5.41) is 0. The molecule has 0 aromatic carbocycles. The molecule has 0 N–H and O–H groups in total. The van der Waals surface area contributed by atoms with Crippen LogP contribution in [-0.2, 0) is 19.1 Å². The first-order valence-corrected chi connectivity index (χ1v) is 4.07. The third-order valence-electron chi connectivity index (χ3n) is 1.70. The molecular weight excluding hydrogens is 172 g/mol. The molecule has 0 radical (unpaired) electrons. The second-order valence-corrected chi connectivity index (χ2v) is 2.96. The van der Waals surface area contributed by atoms with Crippen LogP contribution in [0.3, 0.4) is 0 Å². The Morgan fingerprint density at radius 2 is 2.38 bits per heavy atom.